The minimum atomic E-state index is 0.291. The average Bonchev–Trinajstić information content (AvgIpc) is 3.37. The van der Waals surface area contributed by atoms with Crippen LogP contribution in [0.1, 0.15) is 31.6 Å². The number of hydrogen-bond donors (Lipinski definition) is 0. The smallest absolute Gasteiger partial charge is 0.241 e. The zero-order chi connectivity index (χ0) is 16.2. The van der Waals surface area contributed by atoms with Crippen molar-refractivity contribution in [2.24, 2.45) is 0 Å². The number of aromatic nitrogens is 2. The highest BCUT2D eigenvalue weighted by atomic mass is 16.5. The lowest BCUT2D eigenvalue weighted by molar-refractivity contribution is 0.0309. The molecule has 2 aromatic rings. The third-order valence-corrected chi connectivity index (χ3v) is 4.54. The van der Waals surface area contributed by atoms with Crippen molar-refractivity contribution in [1.82, 2.24) is 15.0 Å². The molecule has 0 saturated carbocycles. The number of rotatable bonds is 7. The number of hydrogen-bond acceptors (Lipinski definition) is 7. The number of ether oxygens (including phenoxy) is 2. The monoisotopic (exact) mass is 333 g/mol. The molecule has 7 nitrogen and oxygen atoms in total. The molecule has 0 N–H and O–H groups in total. The molecule has 2 atom stereocenters. The second-order valence-corrected chi connectivity index (χ2v) is 6.45. The Morgan fingerprint density at radius 3 is 2.42 bits per heavy atom. The van der Waals surface area contributed by atoms with Crippen LogP contribution in [-0.4, -0.2) is 53.6 Å². The summed E-state index contributed by atoms with van der Waals surface area (Å²) in [4.78, 5) is 6.76. The van der Waals surface area contributed by atoms with Crippen LogP contribution >= 0.6 is 0 Å². The summed E-state index contributed by atoms with van der Waals surface area (Å²) in [5, 5.41) is 4.01. The molecule has 4 rings (SSSR count). The van der Waals surface area contributed by atoms with Gasteiger partial charge in [0.15, 0.2) is 5.76 Å². The maximum absolute atomic E-state index is 5.79. The van der Waals surface area contributed by atoms with E-state index in [0.717, 1.165) is 52.0 Å². The summed E-state index contributed by atoms with van der Waals surface area (Å²) in [7, 11) is 0. The standard InChI is InChI=1S/C17H23N3O4/c1-4-13(21-7-1)10-20(11-14-5-2-8-22-14)12-16-18-17(19-24-16)15-6-3-9-23-15/h3,6,9,13-14H,1-2,4-5,7-8,10-12H2. The first-order valence-electron chi connectivity index (χ1n) is 8.69. The minimum Gasteiger partial charge on any atom is -0.461 e. The molecule has 4 heterocycles. The highest BCUT2D eigenvalue weighted by Gasteiger charge is 2.25. The van der Waals surface area contributed by atoms with E-state index in [1.807, 2.05) is 12.1 Å². The molecule has 0 radical (unpaired) electrons. The van der Waals surface area contributed by atoms with Crippen molar-refractivity contribution in [2.45, 2.75) is 44.4 Å². The second-order valence-electron chi connectivity index (χ2n) is 6.45. The Labute approximate surface area is 140 Å². The molecule has 2 aliphatic rings. The highest BCUT2D eigenvalue weighted by molar-refractivity contribution is 5.44. The van der Waals surface area contributed by atoms with E-state index in [2.05, 4.69) is 15.0 Å². The molecule has 2 aromatic heterocycles. The molecule has 0 aromatic carbocycles. The van der Waals surface area contributed by atoms with Crippen molar-refractivity contribution in [2.75, 3.05) is 26.3 Å². The molecular weight excluding hydrogens is 310 g/mol. The molecule has 0 bridgehead atoms. The Hall–Kier alpha value is -1.70. The minimum absolute atomic E-state index is 0.291. The zero-order valence-corrected chi connectivity index (χ0v) is 13.7. The summed E-state index contributed by atoms with van der Waals surface area (Å²) in [6, 6.07) is 3.64. The van der Waals surface area contributed by atoms with Gasteiger partial charge in [-0.2, -0.15) is 4.98 Å². The lowest BCUT2D eigenvalue weighted by Crippen LogP contribution is -2.37. The van der Waals surface area contributed by atoms with Crippen molar-refractivity contribution in [3.63, 3.8) is 0 Å². The Morgan fingerprint density at radius 2 is 1.83 bits per heavy atom. The summed E-state index contributed by atoms with van der Waals surface area (Å²) >= 11 is 0. The maximum atomic E-state index is 5.79. The first-order chi connectivity index (χ1) is 11.9. The first kappa shape index (κ1) is 15.8. The lowest BCUT2D eigenvalue weighted by atomic mass is 10.2. The third kappa shape index (κ3) is 3.85. The van der Waals surface area contributed by atoms with Gasteiger partial charge in [-0.3, -0.25) is 4.90 Å². The van der Waals surface area contributed by atoms with Crippen LogP contribution in [0.2, 0.25) is 0 Å². The predicted molar refractivity (Wildman–Crippen MR) is 85.2 cm³/mol. The van der Waals surface area contributed by atoms with Gasteiger partial charge in [0, 0.05) is 26.3 Å². The molecule has 24 heavy (non-hydrogen) atoms. The van der Waals surface area contributed by atoms with Gasteiger partial charge in [0.05, 0.1) is 25.0 Å². The second kappa shape index (κ2) is 7.46. The molecule has 0 aliphatic carbocycles. The summed E-state index contributed by atoms with van der Waals surface area (Å²) in [6.07, 6.45) is 6.70. The fourth-order valence-corrected chi connectivity index (χ4v) is 3.37. The number of nitrogens with zero attached hydrogens (tertiary/aromatic N) is 3. The van der Waals surface area contributed by atoms with E-state index >= 15 is 0 Å². The Kier molecular flexibility index (Phi) is 4.91. The maximum Gasteiger partial charge on any atom is 0.241 e. The average molecular weight is 333 g/mol. The van der Waals surface area contributed by atoms with E-state index in [-0.39, 0.29) is 0 Å². The highest BCUT2D eigenvalue weighted by Crippen LogP contribution is 2.20. The molecule has 2 aliphatic heterocycles. The van der Waals surface area contributed by atoms with Crippen LogP contribution in [-0.2, 0) is 16.0 Å². The normalized spacial score (nSPS) is 24.2. The van der Waals surface area contributed by atoms with Crippen molar-refractivity contribution < 1.29 is 18.4 Å². The van der Waals surface area contributed by atoms with E-state index in [4.69, 9.17) is 18.4 Å². The van der Waals surface area contributed by atoms with Gasteiger partial charge in [-0.05, 0) is 37.8 Å². The quantitative estimate of drug-likeness (QED) is 0.770. The molecular formula is C17H23N3O4. The van der Waals surface area contributed by atoms with Gasteiger partial charge in [-0.1, -0.05) is 5.16 Å². The molecule has 7 heteroatoms. The zero-order valence-electron chi connectivity index (χ0n) is 13.7. The first-order valence-corrected chi connectivity index (χ1v) is 8.69. The molecule has 0 spiro atoms. The summed E-state index contributed by atoms with van der Waals surface area (Å²) < 4.78 is 22.3. The summed E-state index contributed by atoms with van der Waals surface area (Å²) in [6.45, 7) is 4.08. The fraction of sp³-hybridized carbons (Fsp3) is 0.647. The molecule has 0 amide bonds. The van der Waals surface area contributed by atoms with E-state index < -0.39 is 0 Å². The van der Waals surface area contributed by atoms with Crippen LogP contribution in [0.5, 0.6) is 0 Å². The van der Waals surface area contributed by atoms with Gasteiger partial charge < -0.3 is 18.4 Å². The van der Waals surface area contributed by atoms with Gasteiger partial charge >= 0.3 is 0 Å². The van der Waals surface area contributed by atoms with Gasteiger partial charge in [0.25, 0.3) is 0 Å². The molecule has 2 fully saturated rings. The molecule has 2 saturated heterocycles. The lowest BCUT2D eigenvalue weighted by Gasteiger charge is -2.26. The van der Waals surface area contributed by atoms with Crippen LogP contribution in [0.4, 0.5) is 0 Å². The Bertz CT molecular complexity index is 598. The third-order valence-electron chi connectivity index (χ3n) is 4.54. The van der Waals surface area contributed by atoms with Gasteiger partial charge in [0.2, 0.25) is 11.7 Å². The molecule has 2 unspecified atom stereocenters. The fourth-order valence-electron chi connectivity index (χ4n) is 3.37. The largest absolute Gasteiger partial charge is 0.461 e. The van der Waals surface area contributed by atoms with Crippen molar-refractivity contribution in [1.29, 1.82) is 0 Å². The Balaban J connectivity index is 1.41. The van der Waals surface area contributed by atoms with Gasteiger partial charge in [-0.15, -0.1) is 0 Å². The van der Waals surface area contributed by atoms with E-state index in [1.165, 1.54) is 0 Å². The summed E-state index contributed by atoms with van der Waals surface area (Å²) in [5.74, 6) is 1.70. The van der Waals surface area contributed by atoms with E-state index in [9.17, 15) is 0 Å². The van der Waals surface area contributed by atoms with Gasteiger partial charge in [-0.25, -0.2) is 0 Å². The van der Waals surface area contributed by atoms with Crippen LogP contribution in [0, 0.1) is 0 Å². The van der Waals surface area contributed by atoms with E-state index in [1.54, 1.807) is 6.26 Å². The van der Waals surface area contributed by atoms with Crippen LogP contribution in [0.25, 0.3) is 11.6 Å². The van der Waals surface area contributed by atoms with Gasteiger partial charge in [0.1, 0.15) is 0 Å². The van der Waals surface area contributed by atoms with Crippen molar-refractivity contribution in [3.8, 4) is 11.6 Å². The molecule has 130 valence electrons. The predicted octanol–water partition coefficient (Wildman–Crippen LogP) is 2.49. The summed E-state index contributed by atoms with van der Waals surface area (Å²) in [5.41, 5.74) is 0. The van der Waals surface area contributed by atoms with Crippen molar-refractivity contribution >= 4 is 0 Å². The van der Waals surface area contributed by atoms with Crippen LogP contribution in [0.15, 0.2) is 27.3 Å². The van der Waals surface area contributed by atoms with Crippen molar-refractivity contribution in [3.05, 3.63) is 24.3 Å². The van der Waals surface area contributed by atoms with E-state index in [0.29, 0.717) is 36.2 Å². The Morgan fingerprint density at radius 1 is 1.08 bits per heavy atom. The number of furan rings is 1. The van der Waals surface area contributed by atoms with Crippen LogP contribution < -0.4 is 0 Å². The SMILES string of the molecule is c1coc(-c2noc(CN(CC3CCCO3)CC3CCCO3)n2)c1. The topological polar surface area (TPSA) is 73.8 Å². The van der Waals surface area contributed by atoms with Crippen LogP contribution in [0.3, 0.4) is 0 Å².